The van der Waals surface area contributed by atoms with E-state index < -0.39 is 50.9 Å². The molecule has 2 aromatic carbocycles. The Hall–Kier alpha value is -1.81. The molecule has 0 unspecified atom stereocenters. The minimum atomic E-state index is -2.18. The highest BCUT2D eigenvalue weighted by Crippen LogP contribution is 2.30. The van der Waals surface area contributed by atoms with E-state index in [1.165, 1.54) is 24.3 Å². The molecular weight excluding hydrogens is 375 g/mol. The van der Waals surface area contributed by atoms with Crippen LogP contribution in [0.15, 0.2) is 24.3 Å². The van der Waals surface area contributed by atoms with Crippen molar-refractivity contribution in [2.45, 2.75) is 20.3 Å². The Morgan fingerprint density at radius 3 is 1.69 bits per heavy atom. The molecule has 2 aromatic rings. The summed E-state index contributed by atoms with van der Waals surface area (Å²) in [5.74, 6) is -9.86. The summed E-state index contributed by atoms with van der Waals surface area (Å²) < 4.78 is 83.5. The Bertz CT molecular complexity index is 720. The van der Waals surface area contributed by atoms with Crippen LogP contribution in [0.3, 0.4) is 0 Å². The zero-order valence-corrected chi connectivity index (χ0v) is 15.5. The highest BCUT2D eigenvalue weighted by Gasteiger charge is 2.26. The molecule has 0 heterocycles. The van der Waals surface area contributed by atoms with Gasteiger partial charge in [0.25, 0.3) is 6.48 Å². The van der Waals surface area contributed by atoms with E-state index in [-0.39, 0.29) is 5.56 Å². The van der Waals surface area contributed by atoms with Crippen LogP contribution in [0.4, 0.5) is 22.0 Å². The van der Waals surface area contributed by atoms with E-state index in [2.05, 4.69) is 0 Å². The molecule has 0 aliphatic rings. The summed E-state index contributed by atoms with van der Waals surface area (Å²) in [6.07, 6.45) is 0. The summed E-state index contributed by atoms with van der Waals surface area (Å²) in [7, 11) is -1.28. The minimum absolute atomic E-state index is 0.123. The third kappa shape index (κ3) is 4.47. The Morgan fingerprint density at radius 1 is 0.769 bits per heavy atom. The van der Waals surface area contributed by atoms with Gasteiger partial charge in [0.2, 0.25) is 5.82 Å². The molecule has 0 bridgehead atoms. The van der Waals surface area contributed by atoms with E-state index in [9.17, 15) is 22.0 Å². The van der Waals surface area contributed by atoms with Gasteiger partial charge in [0, 0.05) is 13.2 Å². The molecule has 26 heavy (non-hydrogen) atoms. The van der Waals surface area contributed by atoms with E-state index >= 15 is 0 Å². The van der Waals surface area contributed by atoms with Gasteiger partial charge in [-0.05, 0) is 24.6 Å². The average molecular weight is 392 g/mol. The molecule has 0 aliphatic heterocycles. The van der Waals surface area contributed by atoms with Crippen molar-refractivity contribution >= 4 is 14.9 Å². The standard InChI is InChI=1S/C17H17F5O3Si/c1-3-23-17(24-4-2)25-26-10-7-5-9(6-8-10)11-12(18)14(20)16(22)15(21)13(11)19/h5-8,17H,3-4,26H2,1-2H3. The summed E-state index contributed by atoms with van der Waals surface area (Å²) in [5.41, 5.74) is -1.08. The zero-order valence-electron chi connectivity index (χ0n) is 14.1. The van der Waals surface area contributed by atoms with Gasteiger partial charge in [-0.1, -0.05) is 24.3 Å². The molecule has 0 atom stereocenters. The van der Waals surface area contributed by atoms with Crippen LogP contribution in [-0.2, 0) is 13.9 Å². The molecule has 9 heteroatoms. The lowest BCUT2D eigenvalue weighted by molar-refractivity contribution is -0.242. The van der Waals surface area contributed by atoms with Crippen molar-refractivity contribution in [1.29, 1.82) is 0 Å². The van der Waals surface area contributed by atoms with Gasteiger partial charge in [-0.3, -0.25) is 0 Å². The lowest BCUT2D eigenvalue weighted by Crippen LogP contribution is -2.28. The number of rotatable bonds is 8. The summed E-state index contributed by atoms with van der Waals surface area (Å²) in [6, 6.07) is 5.57. The first kappa shape index (κ1) is 20.5. The first-order valence-electron chi connectivity index (χ1n) is 7.86. The van der Waals surface area contributed by atoms with Crippen LogP contribution < -0.4 is 5.19 Å². The van der Waals surface area contributed by atoms with E-state index in [4.69, 9.17) is 13.9 Å². The van der Waals surface area contributed by atoms with Gasteiger partial charge in [0.15, 0.2) is 33.0 Å². The predicted molar refractivity (Wildman–Crippen MR) is 88.0 cm³/mol. The van der Waals surface area contributed by atoms with E-state index in [1.807, 2.05) is 0 Å². The molecule has 3 nitrogen and oxygen atoms in total. The number of hydrogen-bond donors (Lipinski definition) is 0. The summed E-state index contributed by atoms with van der Waals surface area (Å²) in [4.78, 5) is 0. The van der Waals surface area contributed by atoms with Crippen LogP contribution in [0.2, 0.25) is 0 Å². The lowest BCUT2D eigenvalue weighted by atomic mass is 10.0. The van der Waals surface area contributed by atoms with Crippen molar-refractivity contribution in [2.24, 2.45) is 0 Å². The van der Waals surface area contributed by atoms with Crippen molar-refractivity contribution in [3.05, 3.63) is 53.4 Å². The van der Waals surface area contributed by atoms with Crippen molar-refractivity contribution < 1.29 is 35.9 Å². The molecule has 0 aromatic heterocycles. The van der Waals surface area contributed by atoms with E-state index in [0.29, 0.717) is 13.2 Å². The average Bonchev–Trinajstić information content (AvgIpc) is 2.64. The van der Waals surface area contributed by atoms with Gasteiger partial charge in [-0.15, -0.1) is 0 Å². The number of hydrogen-bond acceptors (Lipinski definition) is 3. The second-order valence-electron chi connectivity index (χ2n) is 5.15. The second kappa shape index (κ2) is 9.22. The second-order valence-corrected chi connectivity index (χ2v) is 6.59. The van der Waals surface area contributed by atoms with Gasteiger partial charge >= 0.3 is 0 Å². The molecule has 2 rings (SSSR count). The highest BCUT2D eigenvalue weighted by molar-refractivity contribution is 6.46. The molecule has 0 aliphatic carbocycles. The number of halogens is 5. The number of benzene rings is 2. The fourth-order valence-corrected chi connectivity index (χ4v) is 3.16. The normalized spacial score (nSPS) is 11.8. The third-order valence-electron chi connectivity index (χ3n) is 3.44. The summed E-state index contributed by atoms with van der Waals surface area (Å²) in [5, 5.41) is 0.738. The zero-order chi connectivity index (χ0) is 19.3. The maximum Gasteiger partial charge on any atom is 0.261 e. The first-order chi connectivity index (χ1) is 12.4. The molecule has 0 radical (unpaired) electrons. The SMILES string of the molecule is CCOC(OCC)O[SiH2]c1ccc(-c2c(F)c(F)c(F)c(F)c2F)cc1. The smallest absolute Gasteiger partial charge is 0.261 e. The van der Waals surface area contributed by atoms with Crippen LogP contribution in [0.5, 0.6) is 0 Å². The van der Waals surface area contributed by atoms with Crippen LogP contribution in [0.25, 0.3) is 11.1 Å². The van der Waals surface area contributed by atoms with Gasteiger partial charge in [-0.25, -0.2) is 22.0 Å². The molecule has 142 valence electrons. The van der Waals surface area contributed by atoms with E-state index in [1.54, 1.807) is 13.8 Å². The molecule has 0 N–H and O–H groups in total. The van der Waals surface area contributed by atoms with Gasteiger partial charge in [0.05, 0.1) is 5.56 Å². The predicted octanol–water partition coefficient (Wildman–Crippen LogP) is 3.13. The molecular formula is C17H17F5O3Si. The van der Waals surface area contributed by atoms with Crippen LogP contribution in [-0.4, -0.2) is 29.5 Å². The quantitative estimate of drug-likeness (QED) is 0.227. The van der Waals surface area contributed by atoms with Crippen molar-refractivity contribution in [2.75, 3.05) is 13.2 Å². The molecule has 0 saturated carbocycles. The molecule has 0 spiro atoms. The summed E-state index contributed by atoms with van der Waals surface area (Å²) in [6.45, 7) is 3.58. The molecule has 0 amide bonds. The topological polar surface area (TPSA) is 27.7 Å². The minimum Gasteiger partial charge on any atom is -0.373 e. The Balaban J connectivity index is 2.20. The fraction of sp³-hybridized carbons (Fsp3) is 0.294. The number of ether oxygens (including phenoxy) is 2. The largest absolute Gasteiger partial charge is 0.373 e. The highest BCUT2D eigenvalue weighted by atomic mass is 28.2. The monoisotopic (exact) mass is 392 g/mol. The Kier molecular flexibility index (Phi) is 7.27. The molecule has 0 fully saturated rings. The van der Waals surface area contributed by atoms with Crippen LogP contribution in [0, 0.1) is 29.1 Å². The van der Waals surface area contributed by atoms with Gasteiger partial charge < -0.3 is 13.9 Å². The van der Waals surface area contributed by atoms with Crippen molar-refractivity contribution in [3.63, 3.8) is 0 Å². The summed E-state index contributed by atoms with van der Waals surface area (Å²) >= 11 is 0. The van der Waals surface area contributed by atoms with Crippen LogP contribution in [0.1, 0.15) is 13.8 Å². The lowest BCUT2D eigenvalue weighted by Gasteiger charge is -2.17. The van der Waals surface area contributed by atoms with E-state index in [0.717, 1.165) is 5.19 Å². The van der Waals surface area contributed by atoms with Gasteiger partial charge in [0.1, 0.15) is 0 Å². The fourth-order valence-electron chi connectivity index (χ4n) is 2.21. The van der Waals surface area contributed by atoms with Gasteiger partial charge in [-0.2, -0.15) is 0 Å². The maximum absolute atomic E-state index is 13.8. The van der Waals surface area contributed by atoms with Crippen molar-refractivity contribution in [3.8, 4) is 11.1 Å². The Labute approximate surface area is 149 Å². The van der Waals surface area contributed by atoms with Crippen LogP contribution >= 0.6 is 0 Å². The molecule has 0 saturated heterocycles. The Morgan fingerprint density at radius 2 is 1.23 bits per heavy atom. The maximum atomic E-state index is 13.8. The first-order valence-corrected chi connectivity index (χ1v) is 9.14. The third-order valence-corrected chi connectivity index (χ3v) is 4.69. The van der Waals surface area contributed by atoms with Crippen molar-refractivity contribution in [1.82, 2.24) is 0 Å².